The van der Waals surface area contributed by atoms with Crippen LogP contribution >= 0.6 is 0 Å². The molecule has 0 unspecified atom stereocenters. The summed E-state index contributed by atoms with van der Waals surface area (Å²) in [6.07, 6.45) is 7.75. The summed E-state index contributed by atoms with van der Waals surface area (Å²) in [5.74, 6) is 0.696. The van der Waals surface area contributed by atoms with E-state index in [4.69, 9.17) is 5.73 Å². The highest BCUT2D eigenvalue weighted by Gasteiger charge is 2.29. The van der Waals surface area contributed by atoms with E-state index < -0.39 is 0 Å². The summed E-state index contributed by atoms with van der Waals surface area (Å²) in [7, 11) is 0. The Labute approximate surface area is 151 Å². The topological polar surface area (TPSA) is 50.4 Å². The van der Waals surface area contributed by atoms with Crippen LogP contribution in [0.4, 0.5) is 0 Å². The van der Waals surface area contributed by atoms with Crippen LogP contribution in [-0.4, -0.2) is 18.3 Å². The van der Waals surface area contributed by atoms with Crippen LogP contribution in [0.3, 0.4) is 0 Å². The highest BCUT2D eigenvalue weighted by molar-refractivity contribution is 6.03. The van der Waals surface area contributed by atoms with Crippen LogP contribution in [0.1, 0.15) is 74.7 Å². The minimum absolute atomic E-state index is 0.0962. The third kappa shape index (κ3) is 10.4. The molecule has 0 bridgehead atoms. The monoisotopic (exact) mass is 335 g/mol. The zero-order valence-electron chi connectivity index (χ0n) is 17.4. The molecule has 0 spiro atoms. The van der Waals surface area contributed by atoms with Crippen LogP contribution in [0.15, 0.2) is 40.7 Å². The summed E-state index contributed by atoms with van der Waals surface area (Å²) in [6.45, 7) is 20.9. The number of nitrogens with zero attached hydrogens (tertiary/aromatic N) is 1. The second kappa shape index (κ2) is 15.2. The maximum atomic E-state index is 5.79. The van der Waals surface area contributed by atoms with Crippen molar-refractivity contribution in [3.63, 3.8) is 0 Å². The van der Waals surface area contributed by atoms with Crippen molar-refractivity contribution in [1.29, 1.82) is 0 Å². The van der Waals surface area contributed by atoms with E-state index in [0.29, 0.717) is 12.5 Å². The molecule has 0 radical (unpaired) electrons. The van der Waals surface area contributed by atoms with Crippen LogP contribution in [-0.2, 0) is 0 Å². The lowest BCUT2D eigenvalue weighted by atomic mass is 9.95. The molecule has 1 saturated carbocycles. The van der Waals surface area contributed by atoms with E-state index in [9.17, 15) is 0 Å². The van der Waals surface area contributed by atoms with Gasteiger partial charge >= 0.3 is 0 Å². The van der Waals surface area contributed by atoms with Gasteiger partial charge in [-0.15, -0.1) is 0 Å². The van der Waals surface area contributed by atoms with E-state index in [2.05, 4.69) is 57.6 Å². The average molecular weight is 336 g/mol. The van der Waals surface area contributed by atoms with Crippen LogP contribution < -0.4 is 11.1 Å². The summed E-state index contributed by atoms with van der Waals surface area (Å²) in [6, 6.07) is 0.0962. The molecule has 0 aromatic carbocycles. The van der Waals surface area contributed by atoms with E-state index in [1.165, 1.54) is 30.4 Å². The molecule has 1 atom stereocenters. The van der Waals surface area contributed by atoms with Gasteiger partial charge in [-0.2, -0.15) is 0 Å². The van der Waals surface area contributed by atoms with Gasteiger partial charge in [0, 0.05) is 23.0 Å². The zero-order chi connectivity index (χ0) is 19.1. The van der Waals surface area contributed by atoms with Crippen molar-refractivity contribution >= 4 is 5.71 Å². The Morgan fingerprint density at radius 2 is 1.79 bits per heavy atom. The minimum atomic E-state index is 0.0962. The number of nitrogens with two attached hydrogens (primary N) is 1. The molecule has 3 N–H and O–H groups in total. The first-order valence-corrected chi connectivity index (χ1v) is 9.44. The van der Waals surface area contributed by atoms with Gasteiger partial charge in [0.05, 0.1) is 6.54 Å². The molecular formula is C21H41N3. The maximum Gasteiger partial charge on any atom is 0.0541 e. The lowest BCUT2D eigenvalue weighted by Gasteiger charge is -2.16. The summed E-state index contributed by atoms with van der Waals surface area (Å²) in [5, 5.41) is 3.20. The number of hydrogen-bond donors (Lipinski definition) is 2. The molecule has 0 aromatic rings. The Kier molecular flexibility index (Phi) is 15.8. The SMILES string of the molecule is C=CN/C(C)=C(C(C)=NC[C@@H](C)N)/C(=C\C)C1CC1.CC.CCC. The van der Waals surface area contributed by atoms with Crippen molar-refractivity contribution in [1.82, 2.24) is 5.32 Å². The van der Waals surface area contributed by atoms with Crippen molar-refractivity contribution in [2.24, 2.45) is 16.6 Å². The molecule has 24 heavy (non-hydrogen) atoms. The molecule has 0 saturated heterocycles. The van der Waals surface area contributed by atoms with Crippen molar-refractivity contribution < 1.29 is 0 Å². The molecule has 1 aliphatic rings. The maximum absolute atomic E-state index is 5.79. The van der Waals surface area contributed by atoms with E-state index in [-0.39, 0.29) is 6.04 Å². The lowest BCUT2D eigenvalue weighted by molar-refractivity contribution is 0.753. The van der Waals surface area contributed by atoms with Crippen LogP contribution in [0.25, 0.3) is 0 Å². The van der Waals surface area contributed by atoms with E-state index in [0.717, 1.165) is 11.4 Å². The standard InChI is InChI=1S/C16H27N3.C3H8.C2H6/c1-6-15(14-8-9-14)16(12(4)18-7-2)13(5)19-10-11(3)17;1-3-2;1-2/h6-7,11,14,18H,2,8-10,17H2,1,3-5H3;3H2,1-2H3;1-2H3/b15-6-,16-12+,19-13?;;/t11-;;/m1../s1. The van der Waals surface area contributed by atoms with Crippen molar-refractivity contribution in [3.8, 4) is 0 Å². The fourth-order valence-electron chi connectivity index (χ4n) is 2.26. The molecule has 3 nitrogen and oxygen atoms in total. The van der Waals surface area contributed by atoms with Crippen LogP contribution in [0.5, 0.6) is 0 Å². The van der Waals surface area contributed by atoms with Gasteiger partial charge in [0.1, 0.15) is 0 Å². The summed E-state index contributed by atoms with van der Waals surface area (Å²) < 4.78 is 0. The second-order valence-electron chi connectivity index (χ2n) is 5.98. The smallest absolute Gasteiger partial charge is 0.0541 e. The fourth-order valence-corrected chi connectivity index (χ4v) is 2.26. The Bertz CT molecular complexity index is 424. The minimum Gasteiger partial charge on any atom is -0.365 e. The van der Waals surface area contributed by atoms with Gasteiger partial charge in [-0.05, 0) is 58.2 Å². The van der Waals surface area contributed by atoms with Gasteiger partial charge < -0.3 is 11.1 Å². The predicted molar refractivity (Wildman–Crippen MR) is 111 cm³/mol. The lowest BCUT2D eigenvalue weighted by Crippen LogP contribution is -2.20. The van der Waals surface area contributed by atoms with E-state index >= 15 is 0 Å². The predicted octanol–water partition coefficient (Wildman–Crippen LogP) is 5.60. The Balaban J connectivity index is 0. The van der Waals surface area contributed by atoms with Crippen LogP contribution in [0.2, 0.25) is 0 Å². The molecule has 3 heteroatoms. The normalized spacial score (nSPS) is 16.7. The third-order valence-electron chi connectivity index (χ3n) is 3.29. The first-order valence-electron chi connectivity index (χ1n) is 9.44. The quantitative estimate of drug-likeness (QED) is 0.470. The highest BCUT2D eigenvalue weighted by Crippen LogP contribution is 2.41. The molecule has 1 rings (SSSR count). The van der Waals surface area contributed by atoms with Crippen LogP contribution in [0, 0.1) is 5.92 Å². The summed E-state index contributed by atoms with van der Waals surface area (Å²) in [5.41, 5.74) is 10.6. The Hall–Kier alpha value is -1.35. The number of rotatable bonds is 7. The van der Waals surface area contributed by atoms with Crippen molar-refractivity contribution in [3.05, 3.63) is 35.7 Å². The molecule has 0 heterocycles. The Morgan fingerprint density at radius 1 is 1.29 bits per heavy atom. The largest absolute Gasteiger partial charge is 0.365 e. The van der Waals surface area contributed by atoms with Gasteiger partial charge in [0.15, 0.2) is 0 Å². The first kappa shape index (κ1) is 24.9. The third-order valence-corrected chi connectivity index (χ3v) is 3.29. The summed E-state index contributed by atoms with van der Waals surface area (Å²) in [4.78, 5) is 4.62. The van der Waals surface area contributed by atoms with Gasteiger partial charge in [-0.1, -0.05) is 46.8 Å². The number of aliphatic imine (C=N–C) groups is 1. The van der Waals surface area contributed by atoms with Gasteiger partial charge in [0.25, 0.3) is 0 Å². The number of nitrogens with one attached hydrogen (secondary N) is 1. The molecular weight excluding hydrogens is 294 g/mol. The highest BCUT2D eigenvalue weighted by atomic mass is 14.9. The average Bonchev–Trinajstić information content (AvgIpc) is 3.37. The second-order valence-corrected chi connectivity index (χ2v) is 5.98. The van der Waals surface area contributed by atoms with Crippen molar-refractivity contribution in [2.45, 2.75) is 80.7 Å². The van der Waals surface area contributed by atoms with Gasteiger partial charge in [0.2, 0.25) is 0 Å². The number of hydrogen-bond acceptors (Lipinski definition) is 3. The fraction of sp³-hybridized carbons (Fsp3) is 0.667. The first-order chi connectivity index (χ1) is 11.4. The van der Waals surface area contributed by atoms with E-state index in [1.807, 2.05) is 20.8 Å². The van der Waals surface area contributed by atoms with Gasteiger partial charge in [-0.3, -0.25) is 4.99 Å². The molecule has 140 valence electrons. The summed E-state index contributed by atoms with van der Waals surface area (Å²) >= 11 is 0. The molecule has 0 aliphatic heterocycles. The van der Waals surface area contributed by atoms with Gasteiger partial charge in [-0.25, -0.2) is 0 Å². The molecule has 1 aliphatic carbocycles. The Morgan fingerprint density at radius 3 is 2.12 bits per heavy atom. The van der Waals surface area contributed by atoms with Crippen molar-refractivity contribution in [2.75, 3.05) is 6.54 Å². The molecule has 0 aromatic heterocycles. The van der Waals surface area contributed by atoms with E-state index in [1.54, 1.807) is 6.20 Å². The zero-order valence-corrected chi connectivity index (χ0v) is 17.4. The molecule has 0 amide bonds. The number of allylic oxidation sites excluding steroid dienone is 4. The molecule has 1 fully saturated rings.